The standard InChI is InChI=1S/C13H10F3N3O2/c14-13(15,16)9-3-1-2-4-10(9)18-19-12(21)8-5-6-11(20)17-7-8/h1-7,18H,(H,17,20)(H,19,21). The number of aromatic nitrogens is 1. The molecule has 1 aromatic heterocycles. The summed E-state index contributed by atoms with van der Waals surface area (Å²) in [4.78, 5) is 24.9. The van der Waals surface area contributed by atoms with Gasteiger partial charge in [-0.05, 0) is 18.2 Å². The summed E-state index contributed by atoms with van der Waals surface area (Å²) in [7, 11) is 0. The molecule has 0 aliphatic heterocycles. The van der Waals surface area contributed by atoms with E-state index in [1.807, 2.05) is 0 Å². The van der Waals surface area contributed by atoms with Crippen LogP contribution in [0.4, 0.5) is 18.9 Å². The van der Waals surface area contributed by atoms with Crippen LogP contribution in [0.3, 0.4) is 0 Å². The fourth-order valence-corrected chi connectivity index (χ4v) is 1.59. The average molecular weight is 297 g/mol. The van der Waals surface area contributed by atoms with E-state index in [0.29, 0.717) is 0 Å². The van der Waals surface area contributed by atoms with Crippen molar-refractivity contribution in [2.24, 2.45) is 0 Å². The minimum absolute atomic E-state index is 0.103. The molecule has 2 rings (SSSR count). The van der Waals surface area contributed by atoms with Gasteiger partial charge in [-0.3, -0.25) is 20.4 Å². The lowest BCUT2D eigenvalue weighted by Gasteiger charge is -2.14. The van der Waals surface area contributed by atoms with Crippen LogP contribution in [-0.2, 0) is 6.18 Å². The predicted molar refractivity (Wildman–Crippen MR) is 69.6 cm³/mol. The Hall–Kier alpha value is -2.77. The topological polar surface area (TPSA) is 74.0 Å². The molecule has 0 saturated heterocycles. The van der Waals surface area contributed by atoms with Crippen molar-refractivity contribution in [3.8, 4) is 0 Å². The zero-order valence-corrected chi connectivity index (χ0v) is 10.5. The second-order valence-corrected chi connectivity index (χ2v) is 4.06. The number of amides is 1. The number of hydrogen-bond donors (Lipinski definition) is 3. The summed E-state index contributed by atoms with van der Waals surface area (Å²) in [6.07, 6.45) is -3.37. The van der Waals surface area contributed by atoms with Gasteiger partial charge in [-0.1, -0.05) is 12.1 Å². The molecule has 5 nitrogen and oxygen atoms in total. The molecule has 3 N–H and O–H groups in total. The van der Waals surface area contributed by atoms with Gasteiger partial charge >= 0.3 is 6.18 Å². The van der Waals surface area contributed by atoms with E-state index >= 15 is 0 Å². The number of pyridine rings is 1. The second kappa shape index (κ2) is 5.70. The summed E-state index contributed by atoms with van der Waals surface area (Å²) < 4.78 is 38.2. The first-order chi connectivity index (χ1) is 9.88. The molecule has 0 radical (unpaired) electrons. The largest absolute Gasteiger partial charge is 0.418 e. The Kier molecular flexibility index (Phi) is 3.97. The molecular weight excluding hydrogens is 287 g/mol. The number of nitrogens with one attached hydrogen (secondary N) is 3. The number of para-hydroxylation sites is 1. The molecule has 2 aromatic rings. The average Bonchev–Trinajstić information content (AvgIpc) is 2.45. The lowest BCUT2D eigenvalue weighted by atomic mass is 10.2. The van der Waals surface area contributed by atoms with Crippen LogP contribution in [0.15, 0.2) is 47.4 Å². The zero-order chi connectivity index (χ0) is 15.5. The van der Waals surface area contributed by atoms with Gasteiger partial charge in [0.15, 0.2) is 0 Å². The van der Waals surface area contributed by atoms with Crippen LogP contribution >= 0.6 is 0 Å². The number of halogens is 3. The Morgan fingerprint density at radius 1 is 1.10 bits per heavy atom. The molecule has 1 aromatic carbocycles. The lowest BCUT2D eigenvalue weighted by Crippen LogP contribution is -2.31. The quantitative estimate of drug-likeness (QED) is 0.760. The predicted octanol–water partition coefficient (Wildman–Crippen LogP) is 2.15. The van der Waals surface area contributed by atoms with Crippen LogP contribution in [-0.4, -0.2) is 10.9 Å². The maximum Gasteiger partial charge on any atom is 0.418 e. The Morgan fingerprint density at radius 3 is 2.43 bits per heavy atom. The fourth-order valence-electron chi connectivity index (χ4n) is 1.59. The highest BCUT2D eigenvalue weighted by Gasteiger charge is 2.33. The molecular formula is C13H10F3N3O2. The SMILES string of the molecule is O=C(NNc1ccccc1C(F)(F)F)c1ccc(=O)[nH]c1. The summed E-state index contributed by atoms with van der Waals surface area (Å²) in [5.41, 5.74) is 2.90. The van der Waals surface area contributed by atoms with E-state index in [0.717, 1.165) is 18.3 Å². The first-order valence-corrected chi connectivity index (χ1v) is 5.79. The van der Waals surface area contributed by atoms with Crippen LogP contribution in [0.25, 0.3) is 0 Å². The summed E-state index contributed by atoms with van der Waals surface area (Å²) in [5.74, 6) is -0.678. The highest BCUT2D eigenvalue weighted by molar-refractivity contribution is 5.94. The van der Waals surface area contributed by atoms with Gasteiger partial charge in [0, 0.05) is 12.3 Å². The minimum Gasteiger partial charge on any atom is -0.328 e. The van der Waals surface area contributed by atoms with Crippen LogP contribution in [0.5, 0.6) is 0 Å². The van der Waals surface area contributed by atoms with E-state index in [1.54, 1.807) is 0 Å². The van der Waals surface area contributed by atoms with Crippen molar-refractivity contribution < 1.29 is 18.0 Å². The number of H-pyrrole nitrogens is 1. The number of hydrogen-bond acceptors (Lipinski definition) is 3. The van der Waals surface area contributed by atoms with Crippen molar-refractivity contribution in [1.82, 2.24) is 10.4 Å². The summed E-state index contributed by atoms with van der Waals surface area (Å²) in [6, 6.07) is 7.13. The monoisotopic (exact) mass is 297 g/mol. The molecule has 1 amide bonds. The van der Waals surface area contributed by atoms with E-state index < -0.39 is 17.6 Å². The summed E-state index contributed by atoms with van der Waals surface area (Å²) >= 11 is 0. The smallest absolute Gasteiger partial charge is 0.328 e. The Balaban J connectivity index is 2.12. The number of carbonyl (C=O) groups excluding carboxylic acids is 1. The van der Waals surface area contributed by atoms with Crippen molar-refractivity contribution >= 4 is 11.6 Å². The number of hydrazine groups is 1. The van der Waals surface area contributed by atoms with Crippen LogP contribution in [0.1, 0.15) is 15.9 Å². The van der Waals surface area contributed by atoms with Gasteiger partial charge < -0.3 is 4.98 Å². The molecule has 0 unspecified atom stereocenters. The molecule has 1 heterocycles. The number of alkyl halides is 3. The number of carbonyl (C=O) groups is 1. The van der Waals surface area contributed by atoms with E-state index in [9.17, 15) is 22.8 Å². The molecule has 0 aliphatic carbocycles. The van der Waals surface area contributed by atoms with Crippen molar-refractivity contribution in [2.45, 2.75) is 6.18 Å². The highest BCUT2D eigenvalue weighted by atomic mass is 19.4. The van der Waals surface area contributed by atoms with E-state index in [2.05, 4.69) is 15.8 Å². The van der Waals surface area contributed by atoms with E-state index in [4.69, 9.17) is 0 Å². The van der Waals surface area contributed by atoms with Gasteiger partial charge in [0.05, 0.1) is 16.8 Å². The lowest BCUT2D eigenvalue weighted by molar-refractivity contribution is -0.137. The van der Waals surface area contributed by atoms with Crippen molar-refractivity contribution in [1.29, 1.82) is 0 Å². The normalized spacial score (nSPS) is 11.0. The van der Waals surface area contributed by atoms with E-state index in [1.165, 1.54) is 24.3 Å². The number of aromatic amines is 1. The van der Waals surface area contributed by atoms with Gasteiger partial charge in [0.2, 0.25) is 5.56 Å². The molecule has 21 heavy (non-hydrogen) atoms. The number of benzene rings is 1. The number of anilines is 1. The number of rotatable bonds is 3. The maximum atomic E-state index is 12.7. The van der Waals surface area contributed by atoms with Crippen molar-refractivity contribution in [2.75, 3.05) is 5.43 Å². The van der Waals surface area contributed by atoms with E-state index in [-0.39, 0.29) is 16.8 Å². The Morgan fingerprint density at radius 2 is 1.81 bits per heavy atom. The first-order valence-electron chi connectivity index (χ1n) is 5.79. The molecule has 0 spiro atoms. The molecule has 8 heteroatoms. The third-order valence-corrected chi connectivity index (χ3v) is 2.59. The van der Waals surface area contributed by atoms with Crippen LogP contribution < -0.4 is 16.4 Å². The molecule has 0 fully saturated rings. The van der Waals surface area contributed by atoms with Gasteiger partial charge in [-0.15, -0.1) is 0 Å². The second-order valence-electron chi connectivity index (χ2n) is 4.06. The highest BCUT2D eigenvalue weighted by Crippen LogP contribution is 2.34. The van der Waals surface area contributed by atoms with Crippen LogP contribution in [0.2, 0.25) is 0 Å². The molecule has 0 saturated carbocycles. The van der Waals surface area contributed by atoms with Gasteiger partial charge in [-0.2, -0.15) is 13.2 Å². The molecule has 0 atom stereocenters. The van der Waals surface area contributed by atoms with Crippen molar-refractivity contribution in [3.05, 3.63) is 64.1 Å². The van der Waals surface area contributed by atoms with Crippen LogP contribution in [0, 0.1) is 0 Å². The maximum absolute atomic E-state index is 12.7. The third-order valence-electron chi connectivity index (χ3n) is 2.59. The van der Waals surface area contributed by atoms with Crippen molar-refractivity contribution in [3.63, 3.8) is 0 Å². The summed E-state index contributed by atoms with van der Waals surface area (Å²) in [6.45, 7) is 0. The first kappa shape index (κ1) is 14.6. The van der Waals surface area contributed by atoms with Gasteiger partial charge in [-0.25, -0.2) is 0 Å². The zero-order valence-electron chi connectivity index (χ0n) is 10.5. The molecule has 110 valence electrons. The van der Waals surface area contributed by atoms with Gasteiger partial charge in [0.1, 0.15) is 0 Å². The van der Waals surface area contributed by atoms with Gasteiger partial charge in [0.25, 0.3) is 5.91 Å². The summed E-state index contributed by atoms with van der Waals surface area (Å²) in [5, 5.41) is 0. The Labute approximate surface area is 116 Å². The molecule has 0 aliphatic rings. The third kappa shape index (κ3) is 3.62. The minimum atomic E-state index is -4.54. The Bertz CT molecular complexity index is 690. The fraction of sp³-hybridized carbons (Fsp3) is 0.0769. The molecule has 0 bridgehead atoms.